The van der Waals surface area contributed by atoms with Gasteiger partial charge < -0.3 is 10.5 Å². The lowest BCUT2D eigenvalue weighted by atomic mass is 9.98. The standard InChI is InChI=1S/C12H22F3NO/c13-12(14,15)9-17-8-7-11(16)6-5-10-3-1-2-4-10/h10-11H,1-9,16H2. The molecule has 0 amide bonds. The average molecular weight is 253 g/mol. The molecule has 0 aromatic heterocycles. The molecule has 1 aliphatic carbocycles. The summed E-state index contributed by atoms with van der Waals surface area (Å²) in [6.07, 6.45) is 3.51. The summed E-state index contributed by atoms with van der Waals surface area (Å²) in [6, 6.07) is -0.0242. The molecule has 2 nitrogen and oxygen atoms in total. The van der Waals surface area contributed by atoms with Gasteiger partial charge in [0.15, 0.2) is 0 Å². The van der Waals surface area contributed by atoms with Crippen LogP contribution in [0.3, 0.4) is 0 Å². The summed E-state index contributed by atoms with van der Waals surface area (Å²) in [5, 5.41) is 0. The lowest BCUT2D eigenvalue weighted by Crippen LogP contribution is -2.24. The van der Waals surface area contributed by atoms with E-state index in [1.165, 1.54) is 25.7 Å². The van der Waals surface area contributed by atoms with Crippen molar-refractivity contribution >= 4 is 0 Å². The Morgan fingerprint density at radius 2 is 1.82 bits per heavy atom. The van der Waals surface area contributed by atoms with Crippen LogP contribution in [0.5, 0.6) is 0 Å². The minimum absolute atomic E-state index is 0.0242. The molecule has 2 N–H and O–H groups in total. The molecule has 17 heavy (non-hydrogen) atoms. The molecule has 0 aromatic rings. The summed E-state index contributed by atoms with van der Waals surface area (Å²) in [4.78, 5) is 0. The van der Waals surface area contributed by atoms with Gasteiger partial charge in [-0.15, -0.1) is 0 Å². The number of nitrogens with two attached hydrogens (primary N) is 1. The van der Waals surface area contributed by atoms with Crippen LogP contribution in [0.25, 0.3) is 0 Å². The van der Waals surface area contributed by atoms with Gasteiger partial charge >= 0.3 is 6.18 Å². The third kappa shape index (κ3) is 7.60. The second-order valence-electron chi connectivity index (χ2n) is 4.94. The van der Waals surface area contributed by atoms with Crippen LogP contribution in [0.15, 0.2) is 0 Å². The Balaban J connectivity index is 1.95. The maximum atomic E-state index is 11.8. The summed E-state index contributed by atoms with van der Waals surface area (Å²) in [5.41, 5.74) is 5.84. The molecule has 1 rings (SSSR count). The quantitative estimate of drug-likeness (QED) is 0.707. The van der Waals surface area contributed by atoms with E-state index in [1.807, 2.05) is 0 Å². The number of hydrogen-bond donors (Lipinski definition) is 1. The van der Waals surface area contributed by atoms with Crippen LogP contribution in [-0.2, 0) is 4.74 Å². The molecule has 0 spiro atoms. The van der Waals surface area contributed by atoms with Gasteiger partial charge in [0.05, 0.1) is 0 Å². The third-order valence-corrected chi connectivity index (χ3v) is 3.32. The van der Waals surface area contributed by atoms with Crippen molar-refractivity contribution in [2.24, 2.45) is 11.7 Å². The first-order valence-electron chi connectivity index (χ1n) is 6.37. The van der Waals surface area contributed by atoms with Crippen LogP contribution in [0, 0.1) is 5.92 Å². The van der Waals surface area contributed by atoms with Crippen LogP contribution < -0.4 is 5.73 Å². The van der Waals surface area contributed by atoms with Crippen LogP contribution in [0.1, 0.15) is 44.9 Å². The zero-order valence-corrected chi connectivity index (χ0v) is 10.1. The Morgan fingerprint density at radius 1 is 1.18 bits per heavy atom. The van der Waals surface area contributed by atoms with Crippen molar-refractivity contribution < 1.29 is 17.9 Å². The van der Waals surface area contributed by atoms with E-state index in [0.29, 0.717) is 6.42 Å². The van der Waals surface area contributed by atoms with Crippen molar-refractivity contribution in [2.75, 3.05) is 13.2 Å². The van der Waals surface area contributed by atoms with E-state index in [0.717, 1.165) is 18.8 Å². The van der Waals surface area contributed by atoms with Gasteiger partial charge in [-0.05, 0) is 25.2 Å². The first kappa shape index (κ1) is 14.8. The van der Waals surface area contributed by atoms with Crippen LogP contribution in [0.2, 0.25) is 0 Å². The predicted molar refractivity (Wildman–Crippen MR) is 60.7 cm³/mol. The molecule has 0 radical (unpaired) electrons. The lowest BCUT2D eigenvalue weighted by molar-refractivity contribution is -0.174. The van der Waals surface area contributed by atoms with E-state index in [1.54, 1.807) is 0 Å². The first-order chi connectivity index (χ1) is 7.97. The molecule has 1 saturated carbocycles. The molecular weight excluding hydrogens is 231 g/mol. The number of ether oxygens (including phenoxy) is 1. The SMILES string of the molecule is NC(CCOCC(F)(F)F)CCC1CCCC1. The molecule has 0 bridgehead atoms. The van der Waals surface area contributed by atoms with Gasteiger partial charge in [0.2, 0.25) is 0 Å². The maximum Gasteiger partial charge on any atom is 0.411 e. The smallest absolute Gasteiger partial charge is 0.372 e. The Bertz CT molecular complexity index is 202. The number of hydrogen-bond acceptors (Lipinski definition) is 2. The molecule has 102 valence electrons. The van der Waals surface area contributed by atoms with E-state index in [2.05, 4.69) is 4.74 Å². The lowest BCUT2D eigenvalue weighted by Gasteiger charge is -2.15. The normalized spacial score (nSPS) is 19.8. The topological polar surface area (TPSA) is 35.2 Å². The highest BCUT2D eigenvalue weighted by Gasteiger charge is 2.27. The van der Waals surface area contributed by atoms with Gasteiger partial charge in [-0.3, -0.25) is 0 Å². The fourth-order valence-corrected chi connectivity index (χ4v) is 2.32. The number of halogens is 3. The highest BCUT2D eigenvalue weighted by molar-refractivity contribution is 4.70. The maximum absolute atomic E-state index is 11.8. The summed E-state index contributed by atoms with van der Waals surface area (Å²) >= 11 is 0. The molecule has 0 saturated heterocycles. The molecule has 5 heteroatoms. The molecule has 1 aliphatic rings. The predicted octanol–water partition coefficient (Wildman–Crippen LogP) is 3.25. The van der Waals surface area contributed by atoms with Gasteiger partial charge in [0.1, 0.15) is 6.61 Å². The Hall–Kier alpha value is -0.290. The Labute approximate surface area is 101 Å². The number of alkyl halides is 3. The molecule has 1 atom stereocenters. The summed E-state index contributed by atoms with van der Waals surface area (Å²) in [5.74, 6) is 0.789. The van der Waals surface area contributed by atoms with Crippen molar-refractivity contribution in [1.29, 1.82) is 0 Å². The molecule has 1 fully saturated rings. The van der Waals surface area contributed by atoms with Gasteiger partial charge in [-0.1, -0.05) is 25.7 Å². The molecular formula is C12H22F3NO. The van der Waals surface area contributed by atoms with Crippen LogP contribution in [0.4, 0.5) is 13.2 Å². The van der Waals surface area contributed by atoms with Crippen molar-refractivity contribution in [1.82, 2.24) is 0 Å². The minimum atomic E-state index is -4.23. The van der Waals surface area contributed by atoms with Crippen molar-refractivity contribution in [3.63, 3.8) is 0 Å². The highest BCUT2D eigenvalue weighted by Crippen LogP contribution is 2.28. The first-order valence-corrected chi connectivity index (χ1v) is 6.37. The average Bonchev–Trinajstić information content (AvgIpc) is 2.73. The Kier molecular flexibility index (Phi) is 6.27. The van der Waals surface area contributed by atoms with Gasteiger partial charge in [0, 0.05) is 12.6 Å². The second kappa shape index (κ2) is 7.21. The Morgan fingerprint density at radius 3 is 2.41 bits per heavy atom. The summed E-state index contributed by atoms with van der Waals surface area (Å²) in [6.45, 7) is -1.06. The molecule has 1 unspecified atom stereocenters. The van der Waals surface area contributed by atoms with Crippen LogP contribution >= 0.6 is 0 Å². The van der Waals surface area contributed by atoms with Gasteiger partial charge in [-0.2, -0.15) is 13.2 Å². The van der Waals surface area contributed by atoms with E-state index in [4.69, 9.17) is 5.73 Å². The fourth-order valence-electron chi connectivity index (χ4n) is 2.32. The fraction of sp³-hybridized carbons (Fsp3) is 1.00. The third-order valence-electron chi connectivity index (χ3n) is 3.32. The van der Waals surface area contributed by atoms with Crippen molar-refractivity contribution in [3.05, 3.63) is 0 Å². The van der Waals surface area contributed by atoms with Crippen molar-refractivity contribution in [3.8, 4) is 0 Å². The molecule has 0 heterocycles. The minimum Gasteiger partial charge on any atom is -0.372 e. The zero-order valence-electron chi connectivity index (χ0n) is 10.1. The van der Waals surface area contributed by atoms with E-state index in [9.17, 15) is 13.2 Å². The summed E-state index contributed by atoms with van der Waals surface area (Å²) < 4.78 is 39.9. The van der Waals surface area contributed by atoms with E-state index >= 15 is 0 Å². The van der Waals surface area contributed by atoms with E-state index in [-0.39, 0.29) is 12.6 Å². The van der Waals surface area contributed by atoms with Crippen LogP contribution in [-0.4, -0.2) is 25.4 Å². The van der Waals surface area contributed by atoms with E-state index < -0.39 is 12.8 Å². The monoisotopic (exact) mass is 253 g/mol. The zero-order chi connectivity index (χ0) is 12.7. The highest BCUT2D eigenvalue weighted by atomic mass is 19.4. The second-order valence-corrected chi connectivity index (χ2v) is 4.94. The molecule has 0 aromatic carbocycles. The van der Waals surface area contributed by atoms with Crippen molar-refractivity contribution in [2.45, 2.75) is 57.2 Å². The summed E-state index contributed by atoms with van der Waals surface area (Å²) in [7, 11) is 0. The van der Waals surface area contributed by atoms with Gasteiger partial charge in [0.25, 0.3) is 0 Å². The molecule has 0 aliphatic heterocycles. The number of rotatable bonds is 7. The largest absolute Gasteiger partial charge is 0.411 e. The van der Waals surface area contributed by atoms with Gasteiger partial charge in [-0.25, -0.2) is 0 Å².